The van der Waals surface area contributed by atoms with Crippen LogP contribution >= 0.6 is 7.60 Å². The fourth-order valence-corrected chi connectivity index (χ4v) is 5.51. The van der Waals surface area contributed by atoms with Gasteiger partial charge >= 0.3 is 25.8 Å². The molecule has 13 nitrogen and oxygen atoms in total. The van der Waals surface area contributed by atoms with Crippen LogP contribution in [-0.4, -0.2) is 58.3 Å². The Morgan fingerprint density at radius 1 is 0.756 bits per heavy atom. The lowest BCUT2D eigenvalue weighted by atomic mass is 10.0. The maximum Gasteiger partial charge on any atom is 0.408 e. The van der Waals surface area contributed by atoms with E-state index in [-0.39, 0.29) is 19.6 Å². The minimum absolute atomic E-state index is 0.104. The molecule has 3 aromatic carbocycles. The Morgan fingerprint density at radius 2 is 1.20 bits per heavy atom. The van der Waals surface area contributed by atoms with Gasteiger partial charge in [0.2, 0.25) is 5.91 Å². The van der Waals surface area contributed by atoms with E-state index in [0.29, 0.717) is 16.7 Å². The summed E-state index contributed by atoms with van der Waals surface area (Å²) in [7, 11) is -4.47. The van der Waals surface area contributed by atoms with E-state index in [0.717, 1.165) is 7.11 Å². The second-order valence-electron chi connectivity index (χ2n) is 10.1. The van der Waals surface area contributed by atoms with Crippen molar-refractivity contribution in [3.8, 4) is 0 Å². The number of rotatable bonds is 14. The van der Waals surface area contributed by atoms with E-state index in [2.05, 4.69) is 20.7 Å². The highest BCUT2D eigenvalue weighted by Crippen LogP contribution is 2.53. The molecule has 0 aliphatic rings. The predicted molar refractivity (Wildman–Crippen MR) is 162 cm³/mol. The number of benzene rings is 3. The number of amides is 3. The molecule has 2 unspecified atom stereocenters. The lowest BCUT2D eigenvalue weighted by Crippen LogP contribution is -2.64. The molecule has 0 aliphatic heterocycles. The van der Waals surface area contributed by atoms with Crippen molar-refractivity contribution in [3.63, 3.8) is 0 Å². The van der Waals surface area contributed by atoms with Crippen LogP contribution in [0.3, 0.4) is 0 Å². The van der Waals surface area contributed by atoms with Gasteiger partial charge in [-0.05, 0) is 23.6 Å². The van der Waals surface area contributed by atoms with E-state index in [9.17, 15) is 33.5 Å². The van der Waals surface area contributed by atoms with E-state index in [1.165, 1.54) is 6.92 Å². The Kier molecular flexibility index (Phi) is 12.7. The lowest BCUT2D eigenvalue weighted by Gasteiger charge is -2.40. The molecule has 0 aromatic heterocycles. The van der Waals surface area contributed by atoms with Crippen LogP contribution < -0.4 is 16.0 Å². The molecule has 0 radical (unpaired) electrons. The third-order valence-corrected chi connectivity index (χ3v) is 8.57. The van der Waals surface area contributed by atoms with Crippen molar-refractivity contribution in [3.05, 3.63) is 108 Å². The number of esters is 1. The first-order valence-electron chi connectivity index (χ1n) is 13.9. The molecule has 0 saturated carbocycles. The first-order valence-corrected chi connectivity index (χ1v) is 15.5. The molecule has 0 aliphatic carbocycles. The number of carbonyl (C=O) groups excluding carboxylic acids is 4. The summed E-state index contributed by atoms with van der Waals surface area (Å²) in [6.07, 6.45) is -3.17. The minimum atomic E-state index is -5.47. The fourth-order valence-electron chi connectivity index (χ4n) is 4.35. The smallest absolute Gasteiger partial charge is 0.408 e. The van der Waals surface area contributed by atoms with Gasteiger partial charge in [-0.15, -0.1) is 0 Å². The van der Waals surface area contributed by atoms with Gasteiger partial charge in [0.15, 0.2) is 5.28 Å². The summed E-state index contributed by atoms with van der Waals surface area (Å²) in [6, 6.07) is 23.0. The van der Waals surface area contributed by atoms with Crippen LogP contribution in [0.5, 0.6) is 0 Å². The van der Waals surface area contributed by atoms with E-state index in [4.69, 9.17) is 9.47 Å². The predicted octanol–water partition coefficient (Wildman–Crippen LogP) is 3.39. The maximum absolute atomic E-state index is 13.8. The van der Waals surface area contributed by atoms with Crippen LogP contribution in [0.2, 0.25) is 0 Å². The minimum Gasteiger partial charge on any atom is -0.469 e. The highest BCUT2D eigenvalue weighted by atomic mass is 31.2. The average molecular weight is 642 g/mol. The SMILES string of the molecule is COC(=O)CC(NC(=O)[C@H](Cc1ccccc1)NC(=O)OCc1ccccc1)(C(C)NC(=O)OCc1ccccc1)P(=O)(O)O. The van der Waals surface area contributed by atoms with Crippen molar-refractivity contribution in [2.45, 2.75) is 50.3 Å². The van der Waals surface area contributed by atoms with Crippen LogP contribution in [0.25, 0.3) is 0 Å². The Bertz CT molecular complexity index is 1470. The highest BCUT2D eigenvalue weighted by molar-refractivity contribution is 7.53. The summed E-state index contributed by atoms with van der Waals surface area (Å²) in [5, 5.41) is 4.32. The average Bonchev–Trinajstić information content (AvgIpc) is 3.02. The number of methoxy groups -OCH3 is 1. The van der Waals surface area contributed by atoms with E-state index in [1.54, 1.807) is 91.0 Å². The van der Waals surface area contributed by atoms with Gasteiger partial charge in [0, 0.05) is 6.42 Å². The summed E-state index contributed by atoms with van der Waals surface area (Å²) in [4.78, 5) is 72.8. The molecule has 0 spiro atoms. The molecule has 0 bridgehead atoms. The van der Waals surface area contributed by atoms with Gasteiger partial charge in [-0.25, -0.2) is 9.59 Å². The van der Waals surface area contributed by atoms with E-state index in [1.807, 2.05) is 0 Å². The lowest BCUT2D eigenvalue weighted by molar-refractivity contribution is -0.142. The Labute approximate surface area is 260 Å². The van der Waals surface area contributed by atoms with E-state index >= 15 is 0 Å². The highest BCUT2D eigenvalue weighted by Gasteiger charge is 2.55. The van der Waals surface area contributed by atoms with Crippen molar-refractivity contribution in [2.75, 3.05) is 7.11 Å². The summed E-state index contributed by atoms with van der Waals surface area (Å²) in [5.74, 6) is -2.14. The molecule has 0 saturated heterocycles. The standard InChI is InChI=1S/C31H36N3O10P/c1-22(32-29(37)43-20-24-14-8-4-9-15-24)31(45(39,40)41,19-27(35)42-2)34-28(36)26(18-23-12-6-3-7-13-23)33-30(38)44-21-25-16-10-5-11-17-25/h3-17,22,26H,18-21H2,1-2H3,(H,32,37)(H,33,38)(H,34,36)(H2,39,40,41)/t22?,26-,31?/m0/s1. The van der Waals surface area contributed by atoms with Gasteiger partial charge in [0.25, 0.3) is 0 Å². The number of nitrogens with one attached hydrogen (secondary N) is 3. The monoisotopic (exact) mass is 641 g/mol. The van der Waals surface area contributed by atoms with Crippen LogP contribution in [0.4, 0.5) is 9.59 Å². The van der Waals surface area contributed by atoms with E-state index < -0.39 is 55.4 Å². The number of hydrogen-bond donors (Lipinski definition) is 5. The molecule has 0 fully saturated rings. The molecule has 5 N–H and O–H groups in total. The van der Waals surface area contributed by atoms with Crippen molar-refractivity contribution >= 4 is 31.7 Å². The van der Waals surface area contributed by atoms with Crippen molar-refractivity contribution in [1.29, 1.82) is 0 Å². The van der Waals surface area contributed by atoms with Gasteiger partial charge in [0.05, 0.1) is 19.6 Å². The molecule has 45 heavy (non-hydrogen) atoms. The topological polar surface area (TPSA) is 190 Å². The second-order valence-corrected chi connectivity index (χ2v) is 12.0. The fraction of sp³-hybridized carbons (Fsp3) is 0.290. The second kappa shape index (κ2) is 16.4. The van der Waals surface area contributed by atoms with Gasteiger partial charge in [-0.2, -0.15) is 0 Å². The summed E-state index contributed by atoms with van der Waals surface area (Å²) in [6.45, 7) is 0.937. The molecule has 3 atom stereocenters. The zero-order chi connectivity index (χ0) is 32.9. The van der Waals surface area contributed by atoms with Crippen LogP contribution in [-0.2, 0) is 48.0 Å². The molecule has 3 rings (SSSR count). The first-order chi connectivity index (χ1) is 21.4. The molecular formula is C31H36N3O10P. The summed E-state index contributed by atoms with van der Waals surface area (Å²) in [5.41, 5.74) is 1.94. The molecule has 14 heteroatoms. The molecule has 3 aromatic rings. The van der Waals surface area contributed by atoms with Crippen molar-refractivity contribution in [1.82, 2.24) is 16.0 Å². The van der Waals surface area contributed by atoms with Crippen LogP contribution in [0, 0.1) is 0 Å². The van der Waals surface area contributed by atoms with Crippen LogP contribution in [0.15, 0.2) is 91.0 Å². The van der Waals surface area contributed by atoms with Gasteiger partial charge in [-0.1, -0.05) is 91.0 Å². The van der Waals surface area contributed by atoms with Gasteiger partial charge in [-0.3, -0.25) is 14.2 Å². The Hall–Kier alpha value is -4.71. The van der Waals surface area contributed by atoms with Gasteiger partial charge < -0.3 is 39.9 Å². The summed E-state index contributed by atoms with van der Waals surface area (Å²) >= 11 is 0. The number of ether oxygens (including phenoxy) is 3. The first kappa shape index (κ1) is 34.8. The normalized spacial score (nSPS) is 13.7. The third-order valence-electron chi connectivity index (χ3n) is 6.87. The molecule has 240 valence electrons. The third kappa shape index (κ3) is 10.5. The van der Waals surface area contributed by atoms with Gasteiger partial charge in [0.1, 0.15) is 19.3 Å². The number of carbonyl (C=O) groups is 4. The van der Waals surface area contributed by atoms with Crippen molar-refractivity contribution < 1.29 is 47.7 Å². The quantitative estimate of drug-likeness (QED) is 0.0991. The zero-order valence-electron chi connectivity index (χ0n) is 24.8. The molecular weight excluding hydrogens is 605 g/mol. The Morgan fingerprint density at radius 3 is 1.64 bits per heavy atom. The number of alkyl carbamates (subject to hydrolysis) is 2. The summed E-state index contributed by atoms with van der Waals surface area (Å²) < 4.78 is 28.2. The van der Waals surface area contributed by atoms with Crippen molar-refractivity contribution in [2.24, 2.45) is 0 Å². The van der Waals surface area contributed by atoms with Crippen LogP contribution in [0.1, 0.15) is 30.0 Å². The largest absolute Gasteiger partial charge is 0.469 e. The maximum atomic E-state index is 13.8. The number of hydrogen-bond acceptors (Lipinski definition) is 8. The Balaban J connectivity index is 1.86. The molecule has 0 heterocycles. The molecule has 3 amide bonds. The zero-order valence-corrected chi connectivity index (χ0v) is 25.6.